The van der Waals surface area contributed by atoms with Gasteiger partial charge >= 0.3 is 12.1 Å². The van der Waals surface area contributed by atoms with E-state index in [-0.39, 0.29) is 46.8 Å². The van der Waals surface area contributed by atoms with Gasteiger partial charge in [-0.25, -0.2) is 15.0 Å². The average Bonchev–Trinajstić information content (AvgIpc) is 3.49. The van der Waals surface area contributed by atoms with E-state index < -0.39 is 35.1 Å². The second kappa shape index (κ2) is 13.7. The van der Waals surface area contributed by atoms with Crippen molar-refractivity contribution in [1.82, 2.24) is 24.3 Å². The molecule has 4 aromatic rings. The average molecular weight is 716 g/mol. The Kier molecular flexibility index (Phi) is 9.68. The van der Waals surface area contributed by atoms with Gasteiger partial charge in [-0.3, -0.25) is 18.9 Å². The van der Waals surface area contributed by atoms with Gasteiger partial charge in [0.25, 0.3) is 5.91 Å². The molecule has 0 unspecified atom stereocenters. The maximum absolute atomic E-state index is 13.2. The topological polar surface area (TPSA) is 157 Å². The van der Waals surface area contributed by atoms with Gasteiger partial charge in [-0.15, -0.1) is 0 Å². The van der Waals surface area contributed by atoms with Crippen LogP contribution in [0.15, 0.2) is 42.7 Å². The van der Waals surface area contributed by atoms with Gasteiger partial charge < -0.3 is 25.6 Å². The number of ether oxygens (including phenoxy) is 2. The zero-order valence-electron chi connectivity index (χ0n) is 27.6. The van der Waals surface area contributed by atoms with Crippen LogP contribution >= 0.6 is 11.6 Å². The number of nitrogens with two attached hydrogens (primary N) is 1. The van der Waals surface area contributed by atoms with Gasteiger partial charge in [0.2, 0.25) is 0 Å². The van der Waals surface area contributed by atoms with E-state index in [9.17, 15) is 27.9 Å². The number of nitrogens with one attached hydrogen (secondary N) is 1. The second-order valence-corrected chi connectivity index (χ2v) is 13.3. The lowest BCUT2D eigenvalue weighted by Gasteiger charge is -2.46. The Labute approximate surface area is 290 Å². The third-order valence-corrected chi connectivity index (χ3v) is 9.88. The van der Waals surface area contributed by atoms with Crippen LogP contribution in [0.5, 0.6) is 5.75 Å². The summed E-state index contributed by atoms with van der Waals surface area (Å²) in [6.07, 6.45) is -0.0863. The molecule has 4 N–H and O–H groups in total. The van der Waals surface area contributed by atoms with Crippen molar-refractivity contribution >= 4 is 40.6 Å². The van der Waals surface area contributed by atoms with Crippen molar-refractivity contribution in [1.29, 1.82) is 0 Å². The molecule has 1 aliphatic carbocycles. The van der Waals surface area contributed by atoms with E-state index in [0.29, 0.717) is 48.6 Å². The van der Waals surface area contributed by atoms with E-state index in [0.717, 1.165) is 31.2 Å². The molecular weight excluding hydrogens is 679 g/mol. The molecular formula is C34H37ClF3N7O5. The number of rotatable bonds is 8. The normalized spacial score (nSPS) is 23.1. The first-order chi connectivity index (χ1) is 23.7. The van der Waals surface area contributed by atoms with E-state index in [1.54, 1.807) is 24.3 Å². The van der Waals surface area contributed by atoms with Crippen LogP contribution < -0.4 is 15.8 Å². The first-order valence-electron chi connectivity index (χ1n) is 16.2. The van der Waals surface area contributed by atoms with E-state index in [1.165, 1.54) is 18.3 Å². The van der Waals surface area contributed by atoms with Crippen molar-refractivity contribution in [3.8, 4) is 17.0 Å². The van der Waals surface area contributed by atoms with Crippen LogP contribution in [-0.2, 0) is 15.7 Å². The van der Waals surface area contributed by atoms with Crippen LogP contribution in [0.2, 0.25) is 5.15 Å². The number of anilines is 2. The minimum absolute atomic E-state index is 0.0905. The van der Waals surface area contributed by atoms with Crippen LogP contribution in [0.3, 0.4) is 0 Å². The number of amides is 1. The van der Waals surface area contributed by atoms with Crippen LogP contribution in [0.1, 0.15) is 74.3 Å². The van der Waals surface area contributed by atoms with Crippen LogP contribution in [0.25, 0.3) is 16.8 Å². The Hall–Kier alpha value is -4.47. The second-order valence-electron chi connectivity index (χ2n) is 13.0. The number of halogens is 4. The number of carbonyl (C=O) groups is 2. The minimum atomic E-state index is -4.60. The lowest BCUT2D eigenvalue weighted by atomic mass is 9.73. The molecule has 1 saturated heterocycles. The fourth-order valence-electron chi connectivity index (χ4n) is 6.76. The molecule has 0 bridgehead atoms. The van der Waals surface area contributed by atoms with Crippen molar-refractivity contribution in [2.75, 3.05) is 30.8 Å². The Morgan fingerprint density at radius 2 is 1.94 bits per heavy atom. The summed E-state index contributed by atoms with van der Waals surface area (Å²) in [6, 6.07) is 6.41. The highest BCUT2D eigenvalue weighted by molar-refractivity contribution is 6.30. The summed E-state index contributed by atoms with van der Waals surface area (Å²) in [5.74, 6) is -0.827. The van der Waals surface area contributed by atoms with Crippen molar-refractivity contribution < 1.29 is 37.3 Å². The summed E-state index contributed by atoms with van der Waals surface area (Å²) in [6.45, 7) is 6.77. The monoisotopic (exact) mass is 715 g/mol. The molecule has 16 heteroatoms. The number of alkyl halides is 3. The number of hydrogen-bond acceptors (Lipinski definition) is 9. The lowest BCUT2D eigenvalue weighted by molar-refractivity contribution is -0.151. The minimum Gasteiger partial charge on any atom is -0.493 e. The Bertz CT molecular complexity index is 1930. The van der Waals surface area contributed by atoms with E-state index in [4.69, 9.17) is 31.8 Å². The van der Waals surface area contributed by atoms with E-state index in [1.807, 2.05) is 0 Å². The summed E-state index contributed by atoms with van der Waals surface area (Å²) in [7, 11) is 0. The van der Waals surface area contributed by atoms with Crippen molar-refractivity contribution in [2.45, 2.75) is 70.8 Å². The highest BCUT2D eigenvalue weighted by atomic mass is 35.5. The number of hydrogen-bond donors (Lipinski definition) is 3. The predicted octanol–water partition coefficient (Wildman–Crippen LogP) is 6.49. The first-order valence-corrected chi connectivity index (χ1v) is 16.6. The number of carbonyl (C=O) groups excluding carboxylic acids is 1. The van der Waals surface area contributed by atoms with Gasteiger partial charge in [0.05, 0.1) is 30.4 Å². The molecule has 12 nitrogen and oxygen atoms in total. The number of benzene rings is 1. The first kappa shape index (κ1) is 35.4. The summed E-state index contributed by atoms with van der Waals surface area (Å²) < 4.78 is 53.6. The number of aliphatic carboxylic acids is 1. The van der Waals surface area contributed by atoms with Crippen LogP contribution in [-0.4, -0.2) is 73.1 Å². The molecule has 2 fully saturated rings. The van der Waals surface area contributed by atoms with Crippen molar-refractivity contribution in [3.63, 3.8) is 0 Å². The number of fused-ring (bicyclic) bond motifs is 1. The van der Waals surface area contributed by atoms with Crippen LogP contribution in [0.4, 0.5) is 24.8 Å². The number of carboxylic acid groups (broad SMARTS) is 1. The zero-order chi connectivity index (χ0) is 36.0. The largest absolute Gasteiger partial charge is 0.493 e. The molecule has 2 atom stereocenters. The summed E-state index contributed by atoms with van der Waals surface area (Å²) >= 11 is 6.73. The Morgan fingerprint density at radius 3 is 2.62 bits per heavy atom. The van der Waals surface area contributed by atoms with Crippen molar-refractivity contribution in [2.24, 2.45) is 5.41 Å². The predicted molar refractivity (Wildman–Crippen MR) is 179 cm³/mol. The van der Waals surface area contributed by atoms with Crippen molar-refractivity contribution in [3.05, 3.63) is 64.8 Å². The fraction of sp³-hybridized carbons (Fsp3) is 0.441. The molecule has 1 saturated carbocycles. The molecule has 50 heavy (non-hydrogen) atoms. The Balaban J connectivity index is 1.33. The maximum atomic E-state index is 13.2. The molecule has 0 spiro atoms. The van der Waals surface area contributed by atoms with Gasteiger partial charge in [-0.05, 0) is 76.8 Å². The number of pyridine rings is 1. The van der Waals surface area contributed by atoms with Gasteiger partial charge in [0.1, 0.15) is 45.7 Å². The SMILES string of the molecule is CCOc1cc(C(=O)Nc2cc(C(F)(F)F)ccn2)ccc1-c1nc([C@H]2CN(C3CCC(C)(C(=O)O)CC3)[C@@H](C)CO2)n2c(Cl)cnc(N)c12. The number of imidazole rings is 1. The van der Waals surface area contributed by atoms with Gasteiger partial charge in [0, 0.05) is 36.0 Å². The quantitative estimate of drug-likeness (QED) is 0.184. The van der Waals surface area contributed by atoms with Gasteiger partial charge in [-0.2, -0.15) is 13.2 Å². The molecule has 1 amide bonds. The Morgan fingerprint density at radius 1 is 1.20 bits per heavy atom. The number of aromatic nitrogens is 4. The smallest absolute Gasteiger partial charge is 0.416 e. The summed E-state index contributed by atoms with van der Waals surface area (Å²) in [4.78, 5) is 40.5. The number of nitrogens with zero attached hydrogens (tertiary/aromatic N) is 5. The molecule has 0 radical (unpaired) electrons. The molecule has 3 aromatic heterocycles. The van der Waals surface area contributed by atoms with Gasteiger partial charge in [-0.1, -0.05) is 11.6 Å². The highest BCUT2D eigenvalue weighted by Gasteiger charge is 2.42. The van der Waals surface area contributed by atoms with E-state index >= 15 is 0 Å². The van der Waals surface area contributed by atoms with Gasteiger partial charge in [0.15, 0.2) is 0 Å². The lowest BCUT2D eigenvalue weighted by Crippen LogP contribution is -2.52. The number of carboxylic acids is 1. The van der Waals surface area contributed by atoms with Crippen LogP contribution in [0, 0.1) is 5.41 Å². The third kappa shape index (κ3) is 6.81. The molecule has 4 heterocycles. The molecule has 2 aliphatic rings. The standard InChI is InChI=1S/C34H37ClF3N7O5/c1-4-49-23-13-19(31(46)42-26-14-20(9-12-40-26)34(36,37)38)5-6-22(23)27-28-29(39)41-15-25(35)45(28)30(43-27)24-16-44(18(2)17-50-24)21-7-10-33(3,11-8-21)32(47)48/h5-6,9,12-15,18,21,24H,4,7-8,10-11,16-17H2,1-3H3,(H2,39,41)(H,47,48)(H,40,42,46)/t18-,21?,24+,33?/m0/s1. The summed E-state index contributed by atoms with van der Waals surface area (Å²) in [5, 5.41) is 12.4. The third-order valence-electron chi connectivity index (χ3n) is 9.61. The fourth-order valence-corrected chi connectivity index (χ4v) is 6.98. The number of nitrogen functional groups attached to an aromatic ring is 1. The molecule has 6 rings (SSSR count). The molecule has 266 valence electrons. The maximum Gasteiger partial charge on any atom is 0.416 e. The molecule has 1 aromatic carbocycles. The zero-order valence-corrected chi connectivity index (χ0v) is 28.4. The number of morpholine rings is 1. The summed E-state index contributed by atoms with van der Waals surface area (Å²) in [5.41, 5.74) is 6.12. The molecule has 1 aliphatic heterocycles. The highest BCUT2D eigenvalue weighted by Crippen LogP contribution is 2.42. The van der Waals surface area contributed by atoms with E-state index in [2.05, 4.69) is 27.1 Å².